The number of aliphatic hydroxyl groups excluding tert-OH is 1. The largest absolute Gasteiger partial charge is 0.481 e. The average Bonchev–Trinajstić information content (AvgIpc) is 2.93. The van der Waals surface area contributed by atoms with Gasteiger partial charge in [0.2, 0.25) is 0 Å². The van der Waals surface area contributed by atoms with E-state index < -0.39 is 6.10 Å². The van der Waals surface area contributed by atoms with Crippen LogP contribution in [0.5, 0.6) is 5.75 Å². The number of ether oxygens (including phenoxy) is 1. The smallest absolute Gasteiger partial charge is 0.263 e. The van der Waals surface area contributed by atoms with Gasteiger partial charge in [-0.15, -0.1) is 0 Å². The summed E-state index contributed by atoms with van der Waals surface area (Å²) in [6.45, 7) is 5.59. The number of carbonyl (C=O) groups excluding carboxylic acids is 1. The number of amides is 1. The molecule has 122 valence electrons. The van der Waals surface area contributed by atoms with Crippen molar-refractivity contribution in [3.63, 3.8) is 0 Å². The fraction of sp³-hybridized carbons (Fsp3) is 0.412. The maximum absolute atomic E-state index is 12.6. The van der Waals surface area contributed by atoms with Crippen LogP contribution in [0.25, 0.3) is 0 Å². The predicted molar refractivity (Wildman–Crippen MR) is 84.8 cm³/mol. The minimum absolute atomic E-state index is 0.0480. The van der Waals surface area contributed by atoms with Crippen molar-refractivity contribution in [2.24, 2.45) is 0 Å². The topological polar surface area (TPSA) is 67.6 Å². The second kappa shape index (κ2) is 6.42. The zero-order valence-corrected chi connectivity index (χ0v) is 13.4. The molecule has 6 nitrogen and oxygen atoms in total. The Balaban J connectivity index is 1.65. The number of hydrogen-bond donors (Lipinski definition) is 1. The molecule has 0 saturated carbocycles. The van der Waals surface area contributed by atoms with Gasteiger partial charge in [-0.05, 0) is 31.5 Å². The molecule has 1 unspecified atom stereocenters. The third-order valence-electron chi connectivity index (χ3n) is 3.98. The van der Waals surface area contributed by atoms with Crippen LogP contribution in [0, 0.1) is 6.92 Å². The lowest BCUT2D eigenvalue weighted by Gasteiger charge is -2.30. The summed E-state index contributed by atoms with van der Waals surface area (Å²) in [5, 5.41) is 9.16. The molecule has 2 aromatic rings. The van der Waals surface area contributed by atoms with Gasteiger partial charge in [-0.3, -0.25) is 4.79 Å². The van der Waals surface area contributed by atoms with Gasteiger partial charge >= 0.3 is 0 Å². The van der Waals surface area contributed by atoms with Crippen molar-refractivity contribution in [1.82, 2.24) is 14.5 Å². The number of carbonyl (C=O) groups is 1. The number of aliphatic hydroxyl groups is 1. The van der Waals surface area contributed by atoms with Crippen LogP contribution in [0.2, 0.25) is 0 Å². The Hall–Kier alpha value is -2.34. The lowest BCUT2D eigenvalue weighted by Crippen LogP contribution is -2.44. The highest BCUT2D eigenvalue weighted by molar-refractivity contribution is 5.81. The second-order valence-electron chi connectivity index (χ2n) is 5.82. The second-order valence-corrected chi connectivity index (χ2v) is 5.82. The molecule has 23 heavy (non-hydrogen) atoms. The van der Waals surface area contributed by atoms with Gasteiger partial charge in [-0.25, -0.2) is 4.98 Å². The van der Waals surface area contributed by atoms with Gasteiger partial charge in [-0.2, -0.15) is 0 Å². The predicted octanol–water partition coefficient (Wildman–Crippen LogP) is 1.49. The van der Waals surface area contributed by atoms with E-state index in [0.29, 0.717) is 18.8 Å². The van der Waals surface area contributed by atoms with Gasteiger partial charge in [0.05, 0.1) is 18.8 Å². The van der Waals surface area contributed by atoms with Gasteiger partial charge in [-0.1, -0.05) is 12.1 Å². The molecule has 0 radical (unpaired) electrons. The minimum atomic E-state index is -0.577. The number of hydrogen-bond acceptors (Lipinski definition) is 4. The lowest BCUT2D eigenvalue weighted by molar-refractivity contribution is -0.139. The molecule has 1 aliphatic heterocycles. The fourth-order valence-corrected chi connectivity index (χ4v) is 2.81. The Morgan fingerprint density at radius 3 is 3.04 bits per heavy atom. The molecule has 0 fully saturated rings. The molecule has 1 aromatic carbocycles. The summed E-state index contributed by atoms with van der Waals surface area (Å²) < 4.78 is 7.83. The van der Waals surface area contributed by atoms with E-state index in [-0.39, 0.29) is 12.5 Å². The fourth-order valence-electron chi connectivity index (χ4n) is 2.81. The first-order valence-electron chi connectivity index (χ1n) is 7.74. The SMILES string of the molecule is Cc1cn2c(n1)CN(C(=O)C(C)Oc1cccc(CO)c1)CC2. The summed E-state index contributed by atoms with van der Waals surface area (Å²) in [6, 6.07) is 7.15. The Morgan fingerprint density at radius 1 is 1.43 bits per heavy atom. The first-order valence-corrected chi connectivity index (χ1v) is 7.74. The minimum Gasteiger partial charge on any atom is -0.481 e. The number of imidazole rings is 1. The molecule has 1 amide bonds. The highest BCUT2D eigenvalue weighted by Crippen LogP contribution is 2.18. The highest BCUT2D eigenvalue weighted by atomic mass is 16.5. The van der Waals surface area contributed by atoms with Crippen molar-refractivity contribution in [3.05, 3.63) is 47.5 Å². The molecule has 1 aromatic heterocycles. The molecular weight excluding hydrogens is 294 g/mol. The summed E-state index contributed by atoms with van der Waals surface area (Å²) in [7, 11) is 0. The van der Waals surface area contributed by atoms with Gasteiger partial charge in [0.25, 0.3) is 5.91 Å². The van der Waals surface area contributed by atoms with E-state index >= 15 is 0 Å². The Bertz CT molecular complexity index is 711. The molecule has 1 aliphatic rings. The van der Waals surface area contributed by atoms with E-state index in [9.17, 15) is 4.79 Å². The number of nitrogens with zero attached hydrogens (tertiary/aromatic N) is 3. The van der Waals surface area contributed by atoms with Crippen LogP contribution in [-0.2, 0) is 24.5 Å². The number of aryl methyl sites for hydroxylation is 1. The summed E-state index contributed by atoms with van der Waals surface area (Å²) >= 11 is 0. The summed E-state index contributed by atoms with van der Waals surface area (Å²) in [6.07, 6.45) is 1.43. The van der Waals surface area contributed by atoms with Crippen LogP contribution < -0.4 is 4.74 Å². The zero-order chi connectivity index (χ0) is 16.4. The van der Waals surface area contributed by atoms with Gasteiger partial charge in [0.15, 0.2) is 6.10 Å². The monoisotopic (exact) mass is 315 g/mol. The first kappa shape index (κ1) is 15.6. The zero-order valence-electron chi connectivity index (χ0n) is 13.4. The van der Waals surface area contributed by atoms with E-state index in [1.54, 1.807) is 30.0 Å². The van der Waals surface area contributed by atoms with E-state index in [1.165, 1.54) is 0 Å². The van der Waals surface area contributed by atoms with Crippen molar-refractivity contribution in [2.45, 2.75) is 39.6 Å². The average molecular weight is 315 g/mol. The van der Waals surface area contributed by atoms with Crippen molar-refractivity contribution < 1.29 is 14.6 Å². The van der Waals surface area contributed by atoms with Crippen molar-refractivity contribution in [1.29, 1.82) is 0 Å². The third-order valence-corrected chi connectivity index (χ3v) is 3.98. The van der Waals surface area contributed by atoms with Crippen LogP contribution in [0.1, 0.15) is 24.0 Å². The third kappa shape index (κ3) is 3.37. The Kier molecular flexibility index (Phi) is 4.34. The summed E-state index contributed by atoms with van der Waals surface area (Å²) in [5.41, 5.74) is 1.73. The quantitative estimate of drug-likeness (QED) is 0.928. The van der Waals surface area contributed by atoms with Crippen LogP contribution >= 0.6 is 0 Å². The number of rotatable bonds is 4. The van der Waals surface area contributed by atoms with Gasteiger partial charge in [0, 0.05) is 19.3 Å². The van der Waals surface area contributed by atoms with Crippen LogP contribution in [0.4, 0.5) is 0 Å². The van der Waals surface area contributed by atoms with Crippen LogP contribution in [-0.4, -0.2) is 38.1 Å². The molecule has 3 rings (SSSR count). The number of fused-ring (bicyclic) bond motifs is 1. The highest BCUT2D eigenvalue weighted by Gasteiger charge is 2.26. The van der Waals surface area contributed by atoms with E-state index in [2.05, 4.69) is 9.55 Å². The van der Waals surface area contributed by atoms with Crippen molar-refractivity contribution in [2.75, 3.05) is 6.54 Å². The van der Waals surface area contributed by atoms with Crippen molar-refractivity contribution >= 4 is 5.91 Å². The molecule has 0 spiro atoms. The van der Waals surface area contributed by atoms with E-state index in [4.69, 9.17) is 9.84 Å². The molecule has 1 atom stereocenters. The van der Waals surface area contributed by atoms with Gasteiger partial charge in [0.1, 0.15) is 11.6 Å². The normalized spacial score (nSPS) is 15.2. The molecule has 0 aliphatic carbocycles. The van der Waals surface area contributed by atoms with Gasteiger partial charge < -0.3 is 19.3 Å². The lowest BCUT2D eigenvalue weighted by atomic mass is 10.2. The number of aromatic nitrogens is 2. The molecule has 2 heterocycles. The van der Waals surface area contributed by atoms with Crippen LogP contribution in [0.15, 0.2) is 30.5 Å². The maximum atomic E-state index is 12.6. The van der Waals surface area contributed by atoms with E-state index in [0.717, 1.165) is 23.6 Å². The molecule has 0 bridgehead atoms. The molecular formula is C17H21N3O3. The first-order chi connectivity index (χ1) is 11.1. The number of benzene rings is 1. The van der Waals surface area contributed by atoms with Crippen molar-refractivity contribution in [3.8, 4) is 5.75 Å². The Morgan fingerprint density at radius 2 is 2.26 bits per heavy atom. The maximum Gasteiger partial charge on any atom is 0.263 e. The molecule has 0 saturated heterocycles. The molecule has 6 heteroatoms. The summed E-state index contributed by atoms with van der Waals surface area (Å²) in [5.74, 6) is 1.45. The van der Waals surface area contributed by atoms with Crippen LogP contribution in [0.3, 0.4) is 0 Å². The van der Waals surface area contributed by atoms with E-state index in [1.807, 2.05) is 19.2 Å². The standard InChI is InChI=1S/C17H21N3O3/c1-12-9-19-6-7-20(10-16(19)18-12)17(22)13(2)23-15-5-3-4-14(8-15)11-21/h3-5,8-9,13,21H,6-7,10-11H2,1-2H3. The Labute approximate surface area is 135 Å². The summed E-state index contributed by atoms with van der Waals surface area (Å²) in [4.78, 5) is 18.8. The molecule has 1 N–H and O–H groups in total.